The first kappa shape index (κ1) is 22.1. The Morgan fingerprint density at radius 3 is 2.21 bits per heavy atom. The molecule has 0 aliphatic heterocycles. The van der Waals surface area contributed by atoms with E-state index in [4.69, 9.17) is 0 Å². The quantitative estimate of drug-likeness (QED) is 0.302. The summed E-state index contributed by atoms with van der Waals surface area (Å²) in [6, 6.07) is 14.9. The lowest BCUT2D eigenvalue weighted by molar-refractivity contribution is -0.111. The molecule has 0 radical (unpaired) electrons. The van der Waals surface area contributed by atoms with Gasteiger partial charge in [-0.2, -0.15) is 8.42 Å². The Morgan fingerprint density at radius 2 is 1.55 bits per heavy atom. The van der Waals surface area contributed by atoms with Gasteiger partial charge in [0.15, 0.2) is 11.6 Å². The number of nitrogens with one attached hydrogen (secondary N) is 2. The van der Waals surface area contributed by atoms with E-state index in [2.05, 4.69) is 10.6 Å². The lowest BCUT2D eigenvalue weighted by Crippen LogP contribution is -2.23. The maximum absolute atomic E-state index is 13.3. The fourth-order valence-electron chi connectivity index (χ4n) is 3.66. The van der Waals surface area contributed by atoms with Gasteiger partial charge in [-0.1, -0.05) is 36.4 Å². The monoisotopic (exact) mass is 462 g/mol. The van der Waals surface area contributed by atoms with Gasteiger partial charge in [0, 0.05) is 28.1 Å². The van der Waals surface area contributed by atoms with Crippen LogP contribution in [0.2, 0.25) is 0 Å². The summed E-state index contributed by atoms with van der Waals surface area (Å²) in [5.41, 5.74) is 0.731. The molecular weight excluding hydrogens is 444 g/mol. The number of rotatable bonds is 5. The summed E-state index contributed by atoms with van der Waals surface area (Å²) < 4.78 is 34.0. The van der Waals surface area contributed by atoms with Gasteiger partial charge in [0.1, 0.15) is 4.90 Å². The van der Waals surface area contributed by atoms with Crippen molar-refractivity contribution in [3.63, 3.8) is 0 Å². The molecule has 0 saturated carbocycles. The van der Waals surface area contributed by atoms with Crippen LogP contribution in [0.4, 0.5) is 17.1 Å². The number of benzene rings is 3. The molecule has 4 rings (SSSR count). The van der Waals surface area contributed by atoms with Gasteiger partial charge in [-0.15, -0.1) is 0 Å². The molecule has 166 valence electrons. The minimum Gasteiger partial charge on any atom is -0.354 e. The Bertz CT molecular complexity index is 1460. The molecule has 1 aliphatic rings. The van der Waals surface area contributed by atoms with Crippen molar-refractivity contribution >= 4 is 44.7 Å². The Kier molecular flexibility index (Phi) is 5.67. The Morgan fingerprint density at radius 1 is 0.879 bits per heavy atom. The molecule has 0 saturated heterocycles. The molecule has 9 heteroatoms. The van der Waals surface area contributed by atoms with E-state index in [1.807, 2.05) is 0 Å². The van der Waals surface area contributed by atoms with Crippen LogP contribution >= 0.6 is 0 Å². The van der Waals surface area contributed by atoms with Gasteiger partial charge < -0.3 is 10.6 Å². The van der Waals surface area contributed by atoms with Crippen LogP contribution in [0.25, 0.3) is 0 Å². The van der Waals surface area contributed by atoms with E-state index in [9.17, 15) is 27.4 Å². The number of hydrogen-bond donors (Lipinski definition) is 3. The number of allylic oxidation sites excluding steroid dienone is 1. The van der Waals surface area contributed by atoms with Crippen LogP contribution in [-0.4, -0.2) is 30.4 Å². The van der Waals surface area contributed by atoms with Crippen LogP contribution in [0.1, 0.15) is 38.8 Å². The molecule has 0 unspecified atom stereocenters. The number of ketones is 2. The van der Waals surface area contributed by atoms with E-state index in [0.717, 1.165) is 6.07 Å². The zero-order valence-corrected chi connectivity index (χ0v) is 18.1. The topological polar surface area (TPSA) is 130 Å². The smallest absolute Gasteiger partial charge is 0.296 e. The first-order chi connectivity index (χ1) is 15.7. The highest BCUT2D eigenvalue weighted by Gasteiger charge is 2.34. The molecule has 0 bridgehead atoms. The van der Waals surface area contributed by atoms with Crippen molar-refractivity contribution in [2.24, 2.45) is 0 Å². The van der Waals surface area contributed by atoms with Crippen molar-refractivity contribution in [2.75, 3.05) is 10.6 Å². The number of amides is 1. The second kappa shape index (κ2) is 8.45. The van der Waals surface area contributed by atoms with Crippen LogP contribution in [0, 0.1) is 0 Å². The van der Waals surface area contributed by atoms with Gasteiger partial charge in [-0.3, -0.25) is 18.9 Å². The predicted octanol–water partition coefficient (Wildman–Crippen LogP) is 3.97. The summed E-state index contributed by atoms with van der Waals surface area (Å²) in [6.07, 6.45) is 2.92. The molecule has 0 spiro atoms. The average Bonchev–Trinajstić information content (AvgIpc) is 2.77. The third-order valence-corrected chi connectivity index (χ3v) is 5.95. The highest BCUT2D eigenvalue weighted by molar-refractivity contribution is 7.86. The summed E-state index contributed by atoms with van der Waals surface area (Å²) in [5.74, 6) is -1.34. The van der Waals surface area contributed by atoms with Crippen molar-refractivity contribution in [1.82, 2.24) is 0 Å². The first-order valence-corrected chi connectivity index (χ1v) is 11.3. The molecule has 0 aromatic heterocycles. The van der Waals surface area contributed by atoms with Gasteiger partial charge >= 0.3 is 0 Å². The average molecular weight is 462 g/mol. The van der Waals surface area contributed by atoms with Crippen LogP contribution in [0.5, 0.6) is 0 Å². The normalized spacial score (nSPS) is 12.9. The number of hydrogen-bond acceptors (Lipinski definition) is 6. The molecular formula is C24H18N2O6S. The molecule has 33 heavy (non-hydrogen) atoms. The fourth-order valence-corrected chi connectivity index (χ4v) is 4.31. The summed E-state index contributed by atoms with van der Waals surface area (Å²) >= 11 is 0. The SMILES string of the molecule is CC=CC(=O)Nc1cccc(Nc2c(S(=O)(=O)O)ccc3c2C(=O)c2ccccc2C3=O)c1. The first-order valence-electron chi connectivity index (χ1n) is 9.84. The maximum atomic E-state index is 13.3. The largest absolute Gasteiger partial charge is 0.354 e. The second-order valence-corrected chi connectivity index (χ2v) is 8.63. The van der Waals surface area contributed by atoms with Crippen LogP contribution in [0.3, 0.4) is 0 Å². The van der Waals surface area contributed by atoms with Gasteiger partial charge in [0.25, 0.3) is 10.1 Å². The third kappa shape index (κ3) is 4.19. The Labute approximate surface area is 189 Å². The minimum absolute atomic E-state index is 0.0196. The number of anilines is 3. The third-order valence-electron chi connectivity index (χ3n) is 5.05. The standard InChI is InChI=1S/C24H18N2O6S/c1-2-6-20(27)25-14-7-5-8-15(13-14)26-22-19(33(30,31)32)12-11-18-21(22)24(29)17-10-4-3-9-16(17)23(18)28/h2-13,26H,1H3,(H,25,27)(H,30,31,32). The molecule has 3 aromatic rings. The van der Waals surface area contributed by atoms with E-state index in [1.54, 1.807) is 43.3 Å². The fraction of sp³-hybridized carbons (Fsp3) is 0.0417. The molecule has 0 heterocycles. The van der Waals surface area contributed by atoms with Gasteiger partial charge in [0.2, 0.25) is 5.91 Å². The summed E-state index contributed by atoms with van der Waals surface area (Å²) in [6.45, 7) is 1.70. The van der Waals surface area contributed by atoms with Crippen molar-refractivity contribution < 1.29 is 27.4 Å². The summed E-state index contributed by atoms with van der Waals surface area (Å²) in [7, 11) is -4.75. The van der Waals surface area contributed by atoms with E-state index >= 15 is 0 Å². The maximum Gasteiger partial charge on any atom is 0.296 e. The predicted molar refractivity (Wildman–Crippen MR) is 123 cm³/mol. The van der Waals surface area contributed by atoms with Crippen molar-refractivity contribution in [2.45, 2.75) is 11.8 Å². The summed E-state index contributed by atoms with van der Waals surface area (Å²) in [5, 5.41) is 5.50. The van der Waals surface area contributed by atoms with E-state index < -0.39 is 26.6 Å². The van der Waals surface area contributed by atoms with Gasteiger partial charge in [-0.05, 0) is 43.3 Å². The van der Waals surface area contributed by atoms with Crippen LogP contribution in [-0.2, 0) is 14.9 Å². The van der Waals surface area contributed by atoms with Crippen molar-refractivity contribution in [3.05, 3.63) is 95.1 Å². The van der Waals surface area contributed by atoms with E-state index in [1.165, 1.54) is 30.3 Å². The highest BCUT2D eigenvalue weighted by atomic mass is 32.2. The summed E-state index contributed by atoms with van der Waals surface area (Å²) in [4.78, 5) is 37.6. The zero-order valence-electron chi connectivity index (χ0n) is 17.3. The molecule has 8 nitrogen and oxygen atoms in total. The molecule has 0 atom stereocenters. The highest BCUT2D eigenvalue weighted by Crippen LogP contribution is 2.37. The molecule has 1 amide bonds. The molecule has 0 fully saturated rings. The second-order valence-electron chi connectivity index (χ2n) is 7.24. The molecule has 3 N–H and O–H groups in total. The van der Waals surface area contributed by atoms with Crippen molar-refractivity contribution in [3.8, 4) is 0 Å². The van der Waals surface area contributed by atoms with Gasteiger partial charge in [0.05, 0.1) is 11.3 Å². The Balaban J connectivity index is 1.86. The number of fused-ring (bicyclic) bond motifs is 2. The lowest BCUT2D eigenvalue weighted by Gasteiger charge is -2.22. The molecule has 1 aliphatic carbocycles. The molecule has 3 aromatic carbocycles. The lowest BCUT2D eigenvalue weighted by atomic mass is 9.83. The van der Waals surface area contributed by atoms with Crippen molar-refractivity contribution in [1.29, 1.82) is 0 Å². The van der Waals surface area contributed by atoms with Crippen LogP contribution in [0.15, 0.2) is 77.7 Å². The van der Waals surface area contributed by atoms with E-state index in [0.29, 0.717) is 11.4 Å². The van der Waals surface area contributed by atoms with Gasteiger partial charge in [-0.25, -0.2) is 0 Å². The number of carbonyl (C=O) groups excluding carboxylic acids is 3. The van der Waals surface area contributed by atoms with E-state index in [-0.39, 0.29) is 33.8 Å². The Hall–Kier alpha value is -4.08. The zero-order chi connectivity index (χ0) is 23.8. The number of carbonyl (C=O) groups is 3. The minimum atomic E-state index is -4.75. The van der Waals surface area contributed by atoms with Crippen LogP contribution < -0.4 is 10.6 Å².